The lowest BCUT2D eigenvalue weighted by Gasteiger charge is -2.06. The van der Waals surface area contributed by atoms with Gasteiger partial charge in [-0.25, -0.2) is 0 Å². The van der Waals surface area contributed by atoms with E-state index in [0.29, 0.717) is 0 Å². The third kappa shape index (κ3) is 4.27. The van der Waals surface area contributed by atoms with Gasteiger partial charge in [-0.15, -0.1) is 11.8 Å². The van der Waals surface area contributed by atoms with Gasteiger partial charge in [-0.05, 0) is 48.2 Å². The van der Waals surface area contributed by atoms with Gasteiger partial charge in [0, 0.05) is 28.3 Å². The summed E-state index contributed by atoms with van der Waals surface area (Å²) in [4.78, 5) is 1.33. The number of hydrogen-bond acceptors (Lipinski definition) is 2. The van der Waals surface area contributed by atoms with Crippen molar-refractivity contribution in [2.45, 2.75) is 36.1 Å². The Hall–Kier alpha value is -0.960. The van der Waals surface area contributed by atoms with Crippen LogP contribution in [0.3, 0.4) is 0 Å². The second kappa shape index (κ2) is 6.66. The first-order chi connectivity index (χ1) is 9.79. The molecule has 2 aromatic rings. The number of benzene rings is 2. The van der Waals surface area contributed by atoms with E-state index in [-0.39, 0.29) is 0 Å². The second-order valence-electron chi connectivity index (χ2n) is 5.22. The summed E-state index contributed by atoms with van der Waals surface area (Å²) in [5.41, 5.74) is 2.68. The number of thioether (sulfide) groups is 1. The Kier molecular flexibility index (Phi) is 4.66. The molecule has 0 spiro atoms. The van der Waals surface area contributed by atoms with Crippen LogP contribution in [0.4, 0.5) is 0 Å². The Morgan fingerprint density at radius 1 is 1.05 bits per heavy atom. The van der Waals surface area contributed by atoms with E-state index in [1.54, 1.807) is 0 Å². The third-order valence-electron chi connectivity index (χ3n) is 3.39. The fraction of sp³-hybridized carbons (Fsp3) is 0.294. The summed E-state index contributed by atoms with van der Waals surface area (Å²) in [5.74, 6) is 0.983. The van der Waals surface area contributed by atoms with Gasteiger partial charge >= 0.3 is 0 Å². The fourth-order valence-corrected chi connectivity index (χ4v) is 3.10. The Morgan fingerprint density at radius 3 is 2.60 bits per heavy atom. The van der Waals surface area contributed by atoms with Gasteiger partial charge in [0.1, 0.15) is 0 Å². The topological polar surface area (TPSA) is 12.0 Å². The van der Waals surface area contributed by atoms with Crippen molar-refractivity contribution < 1.29 is 0 Å². The van der Waals surface area contributed by atoms with Crippen LogP contribution in [-0.2, 0) is 12.3 Å². The van der Waals surface area contributed by atoms with E-state index in [4.69, 9.17) is 11.6 Å². The fourth-order valence-electron chi connectivity index (χ4n) is 2.04. The molecule has 0 heterocycles. The van der Waals surface area contributed by atoms with Crippen LogP contribution in [0.25, 0.3) is 0 Å². The molecule has 1 aliphatic rings. The van der Waals surface area contributed by atoms with E-state index >= 15 is 0 Å². The van der Waals surface area contributed by atoms with Gasteiger partial charge in [0.05, 0.1) is 0 Å². The summed E-state index contributed by atoms with van der Waals surface area (Å²) in [6.07, 6.45) is 2.68. The first-order valence-electron chi connectivity index (χ1n) is 6.99. The van der Waals surface area contributed by atoms with Crippen molar-refractivity contribution >= 4 is 23.4 Å². The Labute approximate surface area is 129 Å². The van der Waals surface area contributed by atoms with Crippen molar-refractivity contribution in [2.24, 2.45) is 0 Å². The van der Waals surface area contributed by atoms with Gasteiger partial charge in [-0.1, -0.05) is 35.9 Å². The van der Waals surface area contributed by atoms with Gasteiger partial charge in [-0.3, -0.25) is 0 Å². The molecule has 0 unspecified atom stereocenters. The zero-order valence-corrected chi connectivity index (χ0v) is 12.9. The van der Waals surface area contributed by atoms with Crippen LogP contribution in [0.2, 0.25) is 5.02 Å². The highest BCUT2D eigenvalue weighted by atomic mass is 35.5. The number of rotatable bonds is 6. The summed E-state index contributed by atoms with van der Waals surface area (Å²) in [7, 11) is 0. The van der Waals surface area contributed by atoms with Gasteiger partial charge in [0.25, 0.3) is 0 Å². The normalized spacial score (nSPS) is 14.4. The van der Waals surface area contributed by atoms with Crippen LogP contribution >= 0.6 is 23.4 Å². The highest BCUT2D eigenvalue weighted by Gasteiger charge is 2.19. The number of halogens is 1. The quantitative estimate of drug-likeness (QED) is 0.763. The molecule has 0 bridgehead atoms. The summed E-state index contributed by atoms with van der Waals surface area (Å²) < 4.78 is 0. The third-order valence-corrected chi connectivity index (χ3v) is 4.71. The molecule has 0 aromatic heterocycles. The van der Waals surface area contributed by atoms with E-state index in [2.05, 4.69) is 41.7 Å². The molecule has 0 aliphatic heterocycles. The van der Waals surface area contributed by atoms with Crippen LogP contribution in [0.15, 0.2) is 53.4 Å². The summed E-state index contributed by atoms with van der Waals surface area (Å²) in [6, 6.07) is 17.7. The predicted molar refractivity (Wildman–Crippen MR) is 87.3 cm³/mol. The average molecular weight is 304 g/mol. The standard InChI is InChI=1S/C17H18ClNS/c18-15-6-4-13(5-7-15)12-20-17-3-1-2-14(10-17)11-19-16-8-9-16/h1-7,10,16,19H,8-9,11-12H2. The van der Waals surface area contributed by atoms with Gasteiger partial charge < -0.3 is 5.32 Å². The molecule has 1 fully saturated rings. The van der Waals surface area contributed by atoms with E-state index in [0.717, 1.165) is 23.4 Å². The van der Waals surface area contributed by atoms with Crippen LogP contribution in [-0.4, -0.2) is 6.04 Å². The number of nitrogens with one attached hydrogen (secondary N) is 1. The zero-order valence-electron chi connectivity index (χ0n) is 11.3. The molecule has 2 aromatic carbocycles. The lowest BCUT2D eigenvalue weighted by Crippen LogP contribution is -2.15. The number of hydrogen-bond donors (Lipinski definition) is 1. The van der Waals surface area contributed by atoms with E-state index in [1.165, 1.54) is 28.9 Å². The van der Waals surface area contributed by atoms with Crippen LogP contribution < -0.4 is 5.32 Å². The summed E-state index contributed by atoms with van der Waals surface area (Å²) in [6.45, 7) is 0.986. The molecular weight excluding hydrogens is 286 g/mol. The molecule has 104 valence electrons. The molecule has 1 aliphatic carbocycles. The van der Waals surface area contributed by atoms with E-state index in [9.17, 15) is 0 Å². The minimum atomic E-state index is 0.764. The minimum Gasteiger partial charge on any atom is -0.310 e. The molecule has 0 atom stereocenters. The zero-order chi connectivity index (χ0) is 13.8. The highest BCUT2D eigenvalue weighted by molar-refractivity contribution is 7.98. The van der Waals surface area contributed by atoms with Crippen molar-refractivity contribution in [1.82, 2.24) is 5.32 Å². The van der Waals surface area contributed by atoms with E-state index in [1.807, 2.05) is 23.9 Å². The molecule has 3 heteroatoms. The lowest BCUT2D eigenvalue weighted by molar-refractivity contribution is 0.687. The maximum Gasteiger partial charge on any atom is 0.0406 e. The van der Waals surface area contributed by atoms with Crippen LogP contribution in [0.1, 0.15) is 24.0 Å². The first kappa shape index (κ1) is 14.0. The average Bonchev–Trinajstić information content (AvgIpc) is 3.29. The largest absolute Gasteiger partial charge is 0.310 e. The molecule has 0 amide bonds. The molecule has 0 radical (unpaired) electrons. The van der Waals surface area contributed by atoms with Crippen LogP contribution in [0.5, 0.6) is 0 Å². The summed E-state index contributed by atoms with van der Waals surface area (Å²) in [5, 5.41) is 4.35. The predicted octanol–water partition coefficient (Wildman–Crippen LogP) is 4.88. The Bertz CT molecular complexity index is 563. The SMILES string of the molecule is Clc1ccc(CSc2cccc(CNC3CC3)c2)cc1. The van der Waals surface area contributed by atoms with Crippen molar-refractivity contribution in [2.75, 3.05) is 0 Å². The molecule has 20 heavy (non-hydrogen) atoms. The Morgan fingerprint density at radius 2 is 1.85 bits per heavy atom. The minimum absolute atomic E-state index is 0.764. The molecule has 1 N–H and O–H groups in total. The smallest absolute Gasteiger partial charge is 0.0406 e. The lowest BCUT2D eigenvalue weighted by atomic mass is 10.2. The molecule has 3 rings (SSSR count). The van der Waals surface area contributed by atoms with Crippen LogP contribution in [0, 0.1) is 0 Å². The maximum absolute atomic E-state index is 5.90. The van der Waals surface area contributed by atoms with Crippen molar-refractivity contribution in [1.29, 1.82) is 0 Å². The van der Waals surface area contributed by atoms with Gasteiger partial charge in [0.2, 0.25) is 0 Å². The van der Waals surface area contributed by atoms with Gasteiger partial charge in [0.15, 0.2) is 0 Å². The van der Waals surface area contributed by atoms with E-state index < -0.39 is 0 Å². The van der Waals surface area contributed by atoms with Crippen molar-refractivity contribution in [3.63, 3.8) is 0 Å². The first-order valence-corrected chi connectivity index (χ1v) is 8.35. The Balaban J connectivity index is 1.56. The van der Waals surface area contributed by atoms with Gasteiger partial charge in [-0.2, -0.15) is 0 Å². The maximum atomic E-state index is 5.90. The molecular formula is C17H18ClNS. The molecule has 1 nitrogen and oxygen atoms in total. The molecule has 0 saturated heterocycles. The van der Waals surface area contributed by atoms with Crippen molar-refractivity contribution in [3.8, 4) is 0 Å². The monoisotopic (exact) mass is 303 g/mol. The molecule has 1 saturated carbocycles. The second-order valence-corrected chi connectivity index (χ2v) is 6.70. The highest BCUT2D eigenvalue weighted by Crippen LogP contribution is 2.25. The summed E-state index contributed by atoms with van der Waals surface area (Å²) >= 11 is 7.77. The van der Waals surface area contributed by atoms with Crippen molar-refractivity contribution in [3.05, 3.63) is 64.7 Å².